The molecule has 1 aliphatic rings. The molecule has 1 aromatic heterocycles. The number of para-hydroxylation sites is 1. The quantitative estimate of drug-likeness (QED) is 0.0826. The number of amides is 5. The van der Waals surface area contributed by atoms with Gasteiger partial charge in [0.25, 0.3) is 0 Å². The molecule has 5 rings (SSSR count). The van der Waals surface area contributed by atoms with E-state index >= 15 is 0 Å². The van der Waals surface area contributed by atoms with Gasteiger partial charge in [-0.2, -0.15) is 0 Å². The molecule has 1 fully saturated rings. The highest BCUT2D eigenvalue weighted by atomic mass is 16.5. The number of nitrogens with zero attached hydrogens (tertiary/aromatic N) is 3. The Bertz CT molecular complexity index is 2060. The highest BCUT2D eigenvalue weighted by Crippen LogP contribution is 2.33. The van der Waals surface area contributed by atoms with Gasteiger partial charge in [-0.3, -0.25) is 14.6 Å². The minimum Gasteiger partial charge on any atom is -0.496 e. The number of methoxy groups -OCH3 is 2. The smallest absolute Gasteiger partial charge is 0.406 e. The van der Waals surface area contributed by atoms with Crippen LogP contribution in [0, 0.1) is 10.8 Å². The number of aliphatic hydroxyl groups is 1. The minimum atomic E-state index is -1.10. The maximum Gasteiger partial charge on any atom is 0.406 e. The van der Waals surface area contributed by atoms with Crippen LogP contribution in [0.2, 0.25) is 0 Å². The lowest BCUT2D eigenvalue weighted by Gasteiger charge is -2.39. The first kappa shape index (κ1) is 46.1. The van der Waals surface area contributed by atoms with E-state index in [-0.39, 0.29) is 43.8 Å². The zero-order valence-corrected chi connectivity index (χ0v) is 36.5. The molecule has 0 bridgehead atoms. The van der Waals surface area contributed by atoms with Crippen molar-refractivity contribution in [2.24, 2.45) is 10.8 Å². The largest absolute Gasteiger partial charge is 0.496 e. The summed E-state index contributed by atoms with van der Waals surface area (Å²) in [6.45, 7) is 11.0. The van der Waals surface area contributed by atoms with Gasteiger partial charge in [0, 0.05) is 55.8 Å². The number of carbonyl (C=O) groups is 4. The van der Waals surface area contributed by atoms with Crippen molar-refractivity contribution in [1.29, 1.82) is 0 Å². The van der Waals surface area contributed by atoms with Gasteiger partial charge in [0.2, 0.25) is 11.8 Å². The first-order valence-corrected chi connectivity index (χ1v) is 20.9. The predicted octanol–water partition coefficient (Wildman–Crippen LogP) is 6.56. The molecule has 3 aromatic carbocycles. The molecule has 0 aliphatic carbocycles. The normalized spacial score (nSPS) is 15.0. The summed E-state index contributed by atoms with van der Waals surface area (Å²) >= 11 is 0. The number of urea groups is 1. The van der Waals surface area contributed by atoms with Gasteiger partial charge in [0.05, 0.1) is 38.6 Å². The number of rotatable bonds is 19. The van der Waals surface area contributed by atoms with Crippen LogP contribution < -0.4 is 20.7 Å². The number of ether oxygens (including phenoxy) is 2. The van der Waals surface area contributed by atoms with Gasteiger partial charge >= 0.3 is 12.1 Å². The van der Waals surface area contributed by atoms with Crippen LogP contribution in [-0.4, -0.2) is 102 Å². The van der Waals surface area contributed by atoms with Crippen LogP contribution in [0.15, 0.2) is 103 Å². The SMILES string of the molecule is COC(=O)NCC(C)(C)CC(=O)NCCC(O)C(NC(=O)C(N1CCN(Cc2ccccc2OC)C1=O)C(C)(C)C)C(Cc1ccc(-c2ccccn2)cc1)c1ccccc1. The van der Waals surface area contributed by atoms with E-state index in [1.165, 1.54) is 7.11 Å². The summed E-state index contributed by atoms with van der Waals surface area (Å²) in [5, 5.41) is 21.1. The van der Waals surface area contributed by atoms with Gasteiger partial charge in [-0.1, -0.05) is 113 Å². The summed E-state index contributed by atoms with van der Waals surface area (Å²) in [6.07, 6.45) is 0.808. The van der Waals surface area contributed by atoms with Crippen molar-refractivity contribution in [2.45, 2.75) is 84.5 Å². The summed E-state index contributed by atoms with van der Waals surface area (Å²) in [4.78, 5) is 61.7. The van der Waals surface area contributed by atoms with Gasteiger partial charge in [-0.15, -0.1) is 0 Å². The van der Waals surface area contributed by atoms with Crippen molar-refractivity contribution in [3.8, 4) is 17.0 Å². The molecule has 326 valence electrons. The summed E-state index contributed by atoms with van der Waals surface area (Å²) in [5.41, 5.74) is 3.35. The monoisotopic (exact) mass is 834 g/mol. The summed E-state index contributed by atoms with van der Waals surface area (Å²) in [6, 6.07) is 29.3. The highest BCUT2D eigenvalue weighted by Gasteiger charge is 2.45. The molecule has 4 N–H and O–H groups in total. The number of pyridine rings is 1. The van der Waals surface area contributed by atoms with E-state index in [9.17, 15) is 24.3 Å². The predicted molar refractivity (Wildman–Crippen MR) is 236 cm³/mol. The second-order valence-electron chi connectivity index (χ2n) is 17.5. The molecule has 13 heteroatoms. The van der Waals surface area contributed by atoms with E-state index < -0.39 is 41.0 Å². The third-order valence-corrected chi connectivity index (χ3v) is 11.1. The number of aromatic nitrogens is 1. The number of hydrogen-bond donors (Lipinski definition) is 4. The molecule has 0 saturated carbocycles. The van der Waals surface area contributed by atoms with Gasteiger partial charge in [-0.05, 0) is 53.0 Å². The lowest BCUT2D eigenvalue weighted by molar-refractivity contribution is -0.130. The zero-order chi connectivity index (χ0) is 44.2. The first-order chi connectivity index (χ1) is 29.1. The summed E-state index contributed by atoms with van der Waals surface area (Å²) in [7, 11) is 2.88. The van der Waals surface area contributed by atoms with Crippen LogP contribution in [0.4, 0.5) is 9.59 Å². The summed E-state index contributed by atoms with van der Waals surface area (Å²) < 4.78 is 10.2. The fourth-order valence-electron chi connectivity index (χ4n) is 7.97. The molecular formula is C48H62N6O7. The lowest BCUT2D eigenvalue weighted by atomic mass is 9.81. The standard InChI is InChI=1S/C48H62N6O7/c1-47(2,3)43(54-28-27-53(46(54)59)31-36-17-11-12-19-40(36)60-6)44(57)52-42(39(55)24-26-50-41(56)30-48(4,5)32-51-45(58)61-7)37(34-15-9-8-10-16-34)29-33-20-22-35(23-21-33)38-18-13-14-25-49-38/h8-23,25,37,39,42-43,55H,24,26-32H2,1-7H3,(H,50,56)(H,51,58)(H,52,57). The van der Waals surface area contributed by atoms with E-state index in [0.29, 0.717) is 31.8 Å². The Kier molecular flexibility index (Phi) is 15.9. The molecule has 1 aliphatic heterocycles. The van der Waals surface area contributed by atoms with E-state index in [1.54, 1.807) is 23.1 Å². The Morgan fingerprint density at radius 1 is 0.852 bits per heavy atom. The van der Waals surface area contributed by atoms with Crippen molar-refractivity contribution in [3.05, 3.63) is 120 Å². The maximum atomic E-state index is 14.9. The Balaban J connectivity index is 1.41. The number of carbonyl (C=O) groups excluding carboxylic acids is 4. The highest BCUT2D eigenvalue weighted by molar-refractivity contribution is 5.89. The molecule has 13 nitrogen and oxygen atoms in total. The zero-order valence-electron chi connectivity index (χ0n) is 36.5. The number of benzene rings is 3. The lowest BCUT2D eigenvalue weighted by Crippen LogP contribution is -2.59. The van der Waals surface area contributed by atoms with Crippen molar-refractivity contribution in [1.82, 2.24) is 30.7 Å². The van der Waals surface area contributed by atoms with Crippen LogP contribution >= 0.6 is 0 Å². The maximum absolute atomic E-state index is 14.9. The van der Waals surface area contributed by atoms with Gasteiger partial charge in [-0.25, -0.2) is 9.59 Å². The van der Waals surface area contributed by atoms with Crippen molar-refractivity contribution in [2.75, 3.05) is 40.4 Å². The third-order valence-electron chi connectivity index (χ3n) is 11.1. The third kappa shape index (κ3) is 12.8. The van der Waals surface area contributed by atoms with Gasteiger partial charge in [0.1, 0.15) is 11.8 Å². The van der Waals surface area contributed by atoms with Gasteiger partial charge in [0.15, 0.2) is 0 Å². The fourth-order valence-corrected chi connectivity index (χ4v) is 7.97. The Morgan fingerprint density at radius 3 is 2.20 bits per heavy atom. The van der Waals surface area contributed by atoms with E-state index in [4.69, 9.17) is 4.74 Å². The Labute approximate surface area is 360 Å². The Morgan fingerprint density at radius 2 is 1.54 bits per heavy atom. The topological polar surface area (TPSA) is 162 Å². The molecule has 4 atom stereocenters. The van der Waals surface area contributed by atoms with Crippen LogP contribution in [0.3, 0.4) is 0 Å². The summed E-state index contributed by atoms with van der Waals surface area (Å²) in [5.74, 6) is -0.337. The van der Waals surface area contributed by atoms with E-state index in [0.717, 1.165) is 27.9 Å². The molecule has 0 radical (unpaired) electrons. The molecule has 0 spiro atoms. The molecular weight excluding hydrogens is 773 g/mol. The molecule has 5 amide bonds. The molecule has 4 aromatic rings. The van der Waals surface area contributed by atoms with Crippen LogP contribution in [0.1, 0.15) is 70.1 Å². The molecule has 2 heterocycles. The van der Waals surface area contributed by atoms with Crippen molar-refractivity contribution < 1.29 is 33.8 Å². The number of alkyl carbamates (subject to hydrolysis) is 1. The average molecular weight is 835 g/mol. The average Bonchev–Trinajstić information content (AvgIpc) is 3.59. The number of aliphatic hydroxyl groups excluding tert-OH is 1. The molecule has 4 unspecified atom stereocenters. The van der Waals surface area contributed by atoms with Crippen molar-refractivity contribution >= 4 is 23.9 Å². The van der Waals surface area contributed by atoms with Gasteiger partial charge < -0.3 is 40.3 Å². The fraction of sp³-hybridized carbons (Fsp3) is 0.438. The molecule has 61 heavy (non-hydrogen) atoms. The first-order valence-electron chi connectivity index (χ1n) is 20.9. The Hall–Kier alpha value is -5.95. The second kappa shape index (κ2) is 21.0. The van der Waals surface area contributed by atoms with E-state index in [1.807, 2.05) is 132 Å². The number of nitrogens with one attached hydrogen (secondary N) is 3. The van der Waals surface area contributed by atoms with Crippen LogP contribution in [0.5, 0.6) is 5.75 Å². The van der Waals surface area contributed by atoms with Crippen LogP contribution in [0.25, 0.3) is 11.3 Å². The number of hydrogen-bond acceptors (Lipinski definition) is 8. The van der Waals surface area contributed by atoms with E-state index in [2.05, 4.69) is 25.7 Å². The van der Waals surface area contributed by atoms with Crippen molar-refractivity contribution in [3.63, 3.8) is 0 Å². The minimum absolute atomic E-state index is 0.125. The second-order valence-corrected chi connectivity index (χ2v) is 17.5. The molecule has 1 saturated heterocycles. The van der Waals surface area contributed by atoms with Crippen LogP contribution in [-0.2, 0) is 27.3 Å².